The first-order valence-corrected chi connectivity index (χ1v) is 14.3. The molecule has 0 fully saturated rings. The first-order chi connectivity index (χ1) is 20.7. The Kier molecular flexibility index (Phi) is 4.65. The van der Waals surface area contributed by atoms with Crippen LogP contribution in [0.15, 0.2) is 133 Å². The van der Waals surface area contributed by atoms with Gasteiger partial charge in [-0.1, -0.05) is 72.8 Å². The lowest BCUT2D eigenvalue weighted by molar-refractivity contribution is 0.0946. The molecule has 4 heteroatoms. The zero-order valence-corrected chi connectivity index (χ0v) is 23.0. The maximum atomic E-state index is 13.0. The summed E-state index contributed by atoms with van der Waals surface area (Å²) in [6.45, 7) is 1.64. The smallest absolute Gasteiger partial charge is 0.228 e. The summed E-state index contributed by atoms with van der Waals surface area (Å²) in [5, 5.41) is 7.03. The number of hydrogen-bond donors (Lipinski definition) is 0. The fraction of sp³-hybridized carbons (Fsp3) is 0.0263. The van der Waals surface area contributed by atoms with Crippen LogP contribution in [0, 0.1) is 0 Å². The van der Waals surface area contributed by atoms with E-state index in [1.807, 2.05) is 4.57 Å². The third-order valence-electron chi connectivity index (χ3n) is 8.72. The van der Waals surface area contributed by atoms with Crippen LogP contribution in [-0.2, 0) is 0 Å². The van der Waals surface area contributed by atoms with E-state index >= 15 is 0 Å². The molecule has 0 N–H and O–H groups in total. The van der Waals surface area contributed by atoms with E-state index < -0.39 is 0 Å². The van der Waals surface area contributed by atoms with Crippen molar-refractivity contribution in [2.75, 3.05) is 0 Å². The molecule has 42 heavy (non-hydrogen) atoms. The summed E-state index contributed by atoms with van der Waals surface area (Å²) in [6.07, 6.45) is 0. The SMILES string of the molecule is CC(=O)n1c2ccc(-n3c4ccccc4c4ccccc43)cc2c2cc(-n3c4ccccc4c4ccccc43)ccc21. The summed E-state index contributed by atoms with van der Waals surface area (Å²) >= 11 is 0. The lowest BCUT2D eigenvalue weighted by Crippen LogP contribution is -2.04. The minimum Gasteiger partial charge on any atom is -0.309 e. The molecule has 9 rings (SSSR count). The average Bonchev–Trinajstić information content (AvgIpc) is 3.66. The largest absolute Gasteiger partial charge is 0.309 e. The van der Waals surface area contributed by atoms with Gasteiger partial charge in [-0.15, -0.1) is 0 Å². The van der Waals surface area contributed by atoms with Crippen LogP contribution in [0.3, 0.4) is 0 Å². The molecule has 198 valence electrons. The zero-order valence-electron chi connectivity index (χ0n) is 23.0. The van der Waals surface area contributed by atoms with Gasteiger partial charge in [-0.2, -0.15) is 0 Å². The normalized spacial score (nSPS) is 12.0. The lowest BCUT2D eigenvalue weighted by atomic mass is 10.1. The van der Waals surface area contributed by atoms with E-state index in [0.29, 0.717) is 0 Å². The van der Waals surface area contributed by atoms with E-state index in [1.54, 1.807) is 6.92 Å². The van der Waals surface area contributed by atoms with Gasteiger partial charge in [0, 0.05) is 50.6 Å². The van der Waals surface area contributed by atoms with Crippen LogP contribution in [-0.4, -0.2) is 19.6 Å². The van der Waals surface area contributed by atoms with Gasteiger partial charge in [0.1, 0.15) is 0 Å². The second-order valence-electron chi connectivity index (χ2n) is 11.0. The van der Waals surface area contributed by atoms with Gasteiger partial charge in [-0.3, -0.25) is 9.36 Å². The predicted octanol–water partition coefficient (Wildman–Crippen LogP) is 9.65. The number of hydrogen-bond acceptors (Lipinski definition) is 1. The molecule has 0 atom stereocenters. The molecule has 6 aromatic carbocycles. The highest BCUT2D eigenvalue weighted by Gasteiger charge is 2.19. The summed E-state index contributed by atoms with van der Waals surface area (Å²) in [7, 11) is 0. The molecular formula is C38H25N3O. The van der Waals surface area contributed by atoms with E-state index in [1.165, 1.54) is 43.6 Å². The minimum absolute atomic E-state index is 0.00391. The Morgan fingerprint density at radius 3 is 1.07 bits per heavy atom. The Morgan fingerprint density at radius 1 is 0.405 bits per heavy atom. The quantitative estimate of drug-likeness (QED) is 0.215. The van der Waals surface area contributed by atoms with Gasteiger partial charge in [-0.05, 0) is 60.7 Å². The summed E-state index contributed by atoms with van der Waals surface area (Å²) in [6, 6.07) is 47.2. The van der Waals surface area contributed by atoms with Gasteiger partial charge in [0.15, 0.2) is 0 Å². The number of fused-ring (bicyclic) bond motifs is 9. The third-order valence-corrected chi connectivity index (χ3v) is 8.72. The summed E-state index contributed by atoms with van der Waals surface area (Å²) < 4.78 is 6.51. The molecule has 4 nitrogen and oxygen atoms in total. The number of rotatable bonds is 2. The number of benzene rings is 6. The monoisotopic (exact) mass is 539 g/mol. The lowest BCUT2D eigenvalue weighted by Gasteiger charge is -2.09. The molecule has 0 aliphatic rings. The van der Waals surface area contributed by atoms with Crippen molar-refractivity contribution in [3.8, 4) is 11.4 Å². The van der Waals surface area contributed by atoms with Crippen LogP contribution in [0.1, 0.15) is 11.7 Å². The van der Waals surface area contributed by atoms with Gasteiger partial charge in [0.05, 0.1) is 33.1 Å². The van der Waals surface area contributed by atoms with Crippen LogP contribution < -0.4 is 0 Å². The highest BCUT2D eigenvalue weighted by atomic mass is 16.1. The topological polar surface area (TPSA) is 31.9 Å². The van der Waals surface area contributed by atoms with Gasteiger partial charge in [0.2, 0.25) is 5.91 Å². The van der Waals surface area contributed by atoms with E-state index in [-0.39, 0.29) is 5.91 Å². The van der Waals surface area contributed by atoms with E-state index in [9.17, 15) is 4.79 Å². The highest BCUT2D eigenvalue weighted by Crippen LogP contribution is 2.38. The van der Waals surface area contributed by atoms with Crippen LogP contribution in [0.25, 0.3) is 76.8 Å². The Hall–Kier alpha value is -5.61. The zero-order chi connectivity index (χ0) is 27.9. The first kappa shape index (κ1) is 23.1. The average molecular weight is 540 g/mol. The van der Waals surface area contributed by atoms with Crippen molar-refractivity contribution in [3.63, 3.8) is 0 Å². The van der Waals surface area contributed by atoms with Crippen molar-refractivity contribution >= 4 is 71.3 Å². The molecule has 3 aromatic heterocycles. The van der Waals surface area contributed by atoms with Crippen molar-refractivity contribution < 1.29 is 4.79 Å². The van der Waals surface area contributed by atoms with Gasteiger partial charge in [0.25, 0.3) is 0 Å². The van der Waals surface area contributed by atoms with Crippen molar-refractivity contribution in [3.05, 3.63) is 133 Å². The van der Waals surface area contributed by atoms with Gasteiger partial charge >= 0.3 is 0 Å². The molecule has 0 bridgehead atoms. The molecule has 9 aromatic rings. The van der Waals surface area contributed by atoms with Crippen LogP contribution in [0.2, 0.25) is 0 Å². The van der Waals surface area contributed by atoms with Crippen LogP contribution >= 0.6 is 0 Å². The standard InChI is InChI=1S/C38H25N3O/c1-24(42)39-37-20-18-25(40-33-14-6-2-10-27(33)28-11-3-7-15-34(28)40)22-31(37)32-23-26(19-21-38(32)39)41-35-16-8-4-12-29(35)30-13-5-9-17-36(30)41/h2-23H,1H3. The number of carbonyl (C=O) groups excluding carboxylic acids is 1. The fourth-order valence-electron chi connectivity index (χ4n) is 7.02. The number of aromatic nitrogens is 3. The Bertz CT molecular complexity index is 2280. The summed E-state index contributed by atoms with van der Waals surface area (Å²) in [4.78, 5) is 13.0. The second kappa shape index (κ2) is 8.45. The Labute approximate surface area is 241 Å². The fourth-order valence-corrected chi connectivity index (χ4v) is 7.02. The predicted molar refractivity (Wildman–Crippen MR) is 174 cm³/mol. The Balaban J connectivity index is 1.37. The van der Waals surface area contributed by atoms with Crippen molar-refractivity contribution in [1.82, 2.24) is 13.7 Å². The maximum Gasteiger partial charge on any atom is 0.228 e. The van der Waals surface area contributed by atoms with Crippen molar-refractivity contribution in [2.24, 2.45) is 0 Å². The molecule has 0 unspecified atom stereocenters. The summed E-state index contributed by atoms with van der Waals surface area (Å²) in [5.74, 6) is 0.00391. The van der Waals surface area contributed by atoms with E-state index in [0.717, 1.165) is 33.2 Å². The minimum atomic E-state index is 0.00391. The highest BCUT2D eigenvalue weighted by molar-refractivity contribution is 6.16. The van der Waals surface area contributed by atoms with Crippen LogP contribution in [0.5, 0.6) is 0 Å². The molecule has 0 spiro atoms. The second-order valence-corrected chi connectivity index (χ2v) is 11.0. The number of carbonyl (C=O) groups is 1. The molecule has 0 aliphatic heterocycles. The molecule has 3 heterocycles. The first-order valence-electron chi connectivity index (χ1n) is 14.3. The number of nitrogens with zero attached hydrogens (tertiary/aromatic N) is 3. The van der Waals surface area contributed by atoms with Crippen molar-refractivity contribution in [1.29, 1.82) is 0 Å². The van der Waals surface area contributed by atoms with E-state index in [4.69, 9.17) is 0 Å². The molecule has 0 saturated heterocycles. The molecule has 0 amide bonds. The molecular weight excluding hydrogens is 514 g/mol. The summed E-state index contributed by atoms with van der Waals surface area (Å²) in [5.41, 5.74) is 8.65. The maximum absolute atomic E-state index is 13.0. The third kappa shape index (κ3) is 3.04. The van der Waals surface area contributed by atoms with Crippen molar-refractivity contribution in [2.45, 2.75) is 6.92 Å². The van der Waals surface area contributed by atoms with Crippen LogP contribution in [0.4, 0.5) is 0 Å². The van der Waals surface area contributed by atoms with Gasteiger partial charge in [-0.25, -0.2) is 0 Å². The molecule has 0 radical (unpaired) electrons. The van der Waals surface area contributed by atoms with Gasteiger partial charge < -0.3 is 9.13 Å². The molecule has 0 aliphatic carbocycles. The number of para-hydroxylation sites is 4. The Morgan fingerprint density at radius 2 is 0.738 bits per heavy atom. The van der Waals surface area contributed by atoms with E-state index in [2.05, 4.69) is 143 Å². The molecule has 0 saturated carbocycles.